The Morgan fingerprint density at radius 2 is 2.12 bits per heavy atom. The Kier molecular flexibility index (Phi) is 5.03. The van der Waals surface area contributed by atoms with Crippen LogP contribution in [0.25, 0.3) is 0 Å². The number of hydrogen-bond acceptors (Lipinski definition) is 3. The molecule has 0 aliphatic carbocycles. The van der Waals surface area contributed by atoms with E-state index in [1.54, 1.807) is 0 Å². The predicted octanol–water partition coefficient (Wildman–Crippen LogP) is 2.54. The highest BCUT2D eigenvalue weighted by molar-refractivity contribution is 5.20. The van der Waals surface area contributed by atoms with Crippen molar-refractivity contribution >= 4 is 0 Å². The van der Waals surface area contributed by atoms with E-state index in [1.807, 2.05) is 0 Å². The lowest BCUT2D eigenvalue weighted by Gasteiger charge is -2.11. The van der Waals surface area contributed by atoms with Crippen LogP contribution in [-0.2, 0) is 13.1 Å². The minimum Gasteiger partial charge on any atom is -0.463 e. The fraction of sp³-hybridized carbons (Fsp3) is 0.692. The fourth-order valence-electron chi connectivity index (χ4n) is 1.52. The van der Waals surface area contributed by atoms with E-state index in [0.717, 1.165) is 31.2 Å². The van der Waals surface area contributed by atoms with Crippen LogP contribution < -0.4 is 5.32 Å². The molecule has 0 amide bonds. The van der Waals surface area contributed by atoms with Crippen molar-refractivity contribution in [1.82, 2.24) is 10.2 Å². The molecular weight excluding hydrogens is 200 g/mol. The van der Waals surface area contributed by atoms with Gasteiger partial charge >= 0.3 is 0 Å². The van der Waals surface area contributed by atoms with Gasteiger partial charge in [0, 0.05) is 6.04 Å². The van der Waals surface area contributed by atoms with E-state index < -0.39 is 0 Å². The van der Waals surface area contributed by atoms with Gasteiger partial charge < -0.3 is 9.73 Å². The maximum Gasteiger partial charge on any atom is 0.120 e. The van der Waals surface area contributed by atoms with Crippen LogP contribution in [0, 0.1) is 6.92 Å². The summed E-state index contributed by atoms with van der Waals surface area (Å²) in [5.74, 6) is 2.12. The lowest BCUT2D eigenvalue weighted by atomic mass is 10.2. The number of nitrogens with one attached hydrogen (secondary N) is 1. The summed E-state index contributed by atoms with van der Waals surface area (Å²) in [5.41, 5.74) is 1.24. The molecule has 3 heteroatoms. The molecule has 1 N–H and O–H groups in total. The molecule has 0 saturated heterocycles. The van der Waals surface area contributed by atoms with E-state index in [9.17, 15) is 0 Å². The largest absolute Gasteiger partial charge is 0.463 e. The smallest absolute Gasteiger partial charge is 0.120 e. The van der Waals surface area contributed by atoms with Gasteiger partial charge in [0.2, 0.25) is 0 Å². The lowest BCUT2D eigenvalue weighted by molar-refractivity contribution is 0.301. The Hall–Kier alpha value is -0.800. The number of rotatable bonds is 6. The minimum atomic E-state index is 0.492. The van der Waals surface area contributed by atoms with Crippen LogP contribution >= 0.6 is 0 Å². The van der Waals surface area contributed by atoms with Crippen molar-refractivity contribution < 1.29 is 4.42 Å². The molecule has 0 spiro atoms. The van der Waals surface area contributed by atoms with Gasteiger partial charge in [-0.05, 0) is 32.1 Å². The normalized spacial score (nSPS) is 11.7. The number of hydrogen-bond donors (Lipinski definition) is 1. The molecule has 0 saturated carbocycles. The molecule has 1 heterocycles. The summed E-state index contributed by atoms with van der Waals surface area (Å²) < 4.78 is 5.83. The zero-order valence-corrected chi connectivity index (χ0v) is 11.1. The van der Waals surface area contributed by atoms with Gasteiger partial charge in [-0.15, -0.1) is 0 Å². The van der Waals surface area contributed by atoms with Crippen molar-refractivity contribution in [1.29, 1.82) is 0 Å². The molecule has 0 unspecified atom stereocenters. The first-order chi connectivity index (χ1) is 7.52. The Labute approximate surface area is 98.8 Å². The van der Waals surface area contributed by atoms with Crippen molar-refractivity contribution in [3.63, 3.8) is 0 Å². The van der Waals surface area contributed by atoms with Crippen LogP contribution in [0.1, 0.15) is 37.9 Å². The molecule has 0 radical (unpaired) electrons. The van der Waals surface area contributed by atoms with Crippen molar-refractivity contribution in [2.75, 3.05) is 13.6 Å². The summed E-state index contributed by atoms with van der Waals surface area (Å²) >= 11 is 0. The first kappa shape index (κ1) is 13.3. The summed E-state index contributed by atoms with van der Waals surface area (Å²) in [6.07, 6.45) is 0. The van der Waals surface area contributed by atoms with Crippen LogP contribution in [0.15, 0.2) is 10.5 Å². The van der Waals surface area contributed by atoms with E-state index in [1.165, 1.54) is 5.56 Å². The fourth-order valence-corrected chi connectivity index (χ4v) is 1.52. The zero-order chi connectivity index (χ0) is 12.1. The molecule has 0 aliphatic rings. The second kappa shape index (κ2) is 6.06. The van der Waals surface area contributed by atoms with Gasteiger partial charge in [-0.2, -0.15) is 0 Å². The molecule has 0 atom stereocenters. The van der Waals surface area contributed by atoms with Crippen molar-refractivity contribution in [3.8, 4) is 0 Å². The van der Waals surface area contributed by atoms with E-state index in [-0.39, 0.29) is 0 Å². The summed E-state index contributed by atoms with van der Waals surface area (Å²) in [4.78, 5) is 2.23. The molecule has 0 bridgehead atoms. The number of aryl methyl sites for hydroxylation is 1. The van der Waals surface area contributed by atoms with Gasteiger partial charge in [-0.3, -0.25) is 4.90 Å². The highest BCUT2D eigenvalue weighted by Crippen LogP contribution is 2.15. The predicted molar refractivity (Wildman–Crippen MR) is 67.4 cm³/mol. The summed E-state index contributed by atoms with van der Waals surface area (Å²) in [6.45, 7) is 11.3. The van der Waals surface area contributed by atoms with Crippen LogP contribution in [0.2, 0.25) is 0 Å². The maximum absolute atomic E-state index is 5.83. The lowest BCUT2D eigenvalue weighted by Crippen LogP contribution is -2.21. The van der Waals surface area contributed by atoms with E-state index >= 15 is 0 Å². The first-order valence-corrected chi connectivity index (χ1v) is 6.03. The topological polar surface area (TPSA) is 28.4 Å². The van der Waals surface area contributed by atoms with Gasteiger partial charge in [-0.25, -0.2) is 0 Å². The van der Waals surface area contributed by atoms with Crippen molar-refractivity contribution in [2.24, 2.45) is 0 Å². The zero-order valence-electron chi connectivity index (χ0n) is 11.1. The van der Waals surface area contributed by atoms with Gasteiger partial charge in [0.1, 0.15) is 11.5 Å². The molecule has 0 aliphatic heterocycles. The highest BCUT2D eigenvalue weighted by atomic mass is 16.3. The van der Waals surface area contributed by atoms with Crippen molar-refractivity contribution in [2.45, 2.75) is 46.8 Å². The molecule has 1 aromatic heterocycles. The average Bonchev–Trinajstić information content (AvgIpc) is 2.55. The number of nitrogens with zero attached hydrogens (tertiary/aromatic N) is 1. The molecule has 3 nitrogen and oxygen atoms in total. The van der Waals surface area contributed by atoms with E-state index in [0.29, 0.717) is 6.04 Å². The third-order valence-corrected chi connectivity index (χ3v) is 2.71. The summed E-state index contributed by atoms with van der Waals surface area (Å²) in [6, 6.07) is 2.63. The van der Waals surface area contributed by atoms with Crippen LogP contribution in [0.5, 0.6) is 0 Å². The molecule has 1 aromatic rings. The maximum atomic E-state index is 5.83. The van der Waals surface area contributed by atoms with Gasteiger partial charge in [0.15, 0.2) is 0 Å². The minimum absolute atomic E-state index is 0.492. The van der Waals surface area contributed by atoms with Gasteiger partial charge in [-0.1, -0.05) is 20.8 Å². The number of furan rings is 1. The summed E-state index contributed by atoms with van der Waals surface area (Å²) in [5, 5.41) is 3.38. The molecule has 16 heavy (non-hydrogen) atoms. The van der Waals surface area contributed by atoms with E-state index in [4.69, 9.17) is 4.42 Å². The monoisotopic (exact) mass is 224 g/mol. The standard InChI is InChI=1S/C13H24N2O/c1-6-15(5)9-12-7-11(4)13(16-12)8-14-10(2)3/h7,10,14H,6,8-9H2,1-5H3. The van der Waals surface area contributed by atoms with Crippen molar-refractivity contribution in [3.05, 3.63) is 23.2 Å². The molecule has 0 fully saturated rings. The Bertz CT molecular complexity index is 318. The Morgan fingerprint density at radius 1 is 1.44 bits per heavy atom. The Morgan fingerprint density at radius 3 is 2.69 bits per heavy atom. The van der Waals surface area contributed by atoms with Gasteiger partial charge in [0.05, 0.1) is 13.1 Å². The quantitative estimate of drug-likeness (QED) is 0.805. The second-order valence-corrected chi connectivity index (χ2v) is 4.68. The first-order valence-electron chi connectivity index (χ1n) is 6.03. The molecule has 0 aromatic carbocycles. The average molecular weight is 224 g/mol. The van der Waals surface area contributed by atoms with Crippen LogP contribution in [-0.4, -0.2) is 24.5 Å². The van der Waals surface area contributed by atoms with E-state index in [2.05, 4.69) is 51.0 Å². The third-order valence-electron chi connectivity index (χ3n) is 2.71. The highest BCUT2D eigenvalue weighted by Gasteiger charge is 2.09. The molecule has 1 rings (SSSR count). The van der Waals surface area contributed by atoms with Crippen LogP contribution in [0.4, 0.5) is 0 Å². The SMILES string of the molecule is CCN(C)Cc1cc(C)c(CNC(C)C)o1. The summed E-state index contributed by atoms with van der Waals surface area (Å²) in [7, 11) is 2.10. The molecular formula is C13H24N2O. The Balaban J connectivity index is 2.59. The molecule has 92 valence electrons. The second-order valence-electron chi connectivity index (χ2n) is 4.68. The van der Waals surface area contributed by atoms with Gasteiger partial charge in [0.25, 0.3) is 0 Å². The van der Waals surface area contributed by atoms with Crippen LogP contribution in [0.3, 0.4) is 0 Å². The third kappa shape index (κ3) is 3.99.